The maximum Gasteiger partial charge on any atom is 0.0415 e. The summed E-state index contributed by atoms with van der Waals surface area (Å²) in [5.74, 6) is 0. The molecule has 3 aliphatic rings. The van der Waals surface area contributed by atoms with Crippen molar-refractivity contribution >= 4 is 95.6 Å². The molecular weight excluding hydrogens is 660 g/mol. The van der Waals surface area contributed by atoms with Gasteiger partial charge in [0, 0.05) is 29.0 Å². The highest BCUT2D eigenvalue weighted by Gasteiger charge is 2.46. The highest BCUT2D eigenvalue weighted by molar-refractivity contribution is 9.10. The molecule has 0 aromatic heterocycles. The molecule has 6 heteroatoms. The van der Waals surface area contributed by atoms with Gasteiger partial charge in [-0.15, -0.1) is 0 Å². The first-order valence-electron chi connectivity index (χ1n) is 6.99. The Kier molecular flexibility index (Phi) is 4.59. The number of rotatable bonds is 0. The van der Waals surface area contributed by atoms with Crippen LogP contribution in [-0.4, -0.2) is 0 Å². The SMILES string of the molecule is Br[C@@H]1C[C@H](Br)c2c1c1c(c3c2[C@H](Br)C[C@@H]3Br)[C@@H](Br)C[C@H]1Br. The summed E-state index contributed by atoms with van der Waals surface area (Å²) in [7, 11) is 0. The van der Waals surface area contributed by atoms with E-state index in [1.54, 1.807) is 33.4 Å². The zero-order chi connectivity index (χ0) is 15.0. The first-order valence-corrected chi connectivity index (χ1v) is 12.5. The molecule has 0 fully saturated rings. The molecule has 0 aliphatic heterocycles. The van der Waals surface area contributed by atoms with Crippen LogP contribution >= 0.6 is 95.6 Å². The van der Waals surface area contributed by atoms with Crippen molar-refractivity contribution < 1.29 is 0 Å². The summed E-state index contributed by atoms with van der Waals surface area (Å²) in [6.07, 6.45) is 3.41. The number of hydrogen-bond donors (Lipinski definition) is 0. The van der Waals surface area contributed by atoms with Crippen molar-refractivity contribution in [3.05, 3.63) is 33.4 Å². The predicted octanol–water partition coefficient (Wildman–Crippen LogP) is 8.51. The van der Waals surface area contributed by atoms with Crippen LogP contribution < -0.4 is 0 Å². The van der Waals surface area contributed by atoms with Crippen molar-refractivity contribution in [1.29, 1.82) is 0 Å². The Morgan fingerprint density at radius 3 is 0.667 bits per heavy atom. The van der Waals surface area contributed by atoms with Crippen molar-refractivity contribution in [2.45, 2.75) is 48.2 Å². The normalized spacial score (nSPS) is 40.3. The summed E-state index contributed by atoms with van der Waals surface area (Å²) in [5, 5.41) is 0. The van der Waals surface area contributed by atoms with Gasteiger partial charge in [-0.3, -0.25) is 0 Å². The van der Waals surface area contributed by atoms with E-state index in [1.165, 1.54) is 0 Å². The maximum atomic E-state index is 3.93. The molecule has 0 radical (unpaired) electrons. The van der Waals surface area contributed by atoms with E-state index in [-0.39, 0.29) is 0 Å². The zero-order valence-electron chi connectivity index (χ0n) is 10.9. The van der Waals surface area contributed by atoms with E-state index in [0.717, 1.165) is 19.3 Å². The average Bonchev–Trinajstić information content (AvgIpc) is 2.96. The third-order valence-corrected chi connectivity index (χ3v) is 9.85. The lowest BCUT2D eigenvalue weighted by Gasteiger charge is -2.22. The third kappa shape index (κ3) is 2.32. The highest BCUT2D eigenvalue weighted by Crippen LogP contribution is 2.65. The van der Waals surface area contributed by atoms with Crippen molar-refractivity contribution in [2.24, 2.45) is 0 Å². The fourth-order valence-electron chi connectivity index (χ4n) is 4.15. The monoisotopic (exact) mass is 666 g/mol. The van der Waals surface area contributed by atoms with E-state index in [9.17, 15) is 0 Å². The topological polar surface area (TPSA) is 0 Å². The van der Waals surface area contributed by atoms with Gasteiger partial charge in [0.2, 0.25) is 0 Å². The molecule has 3 aliphatic carbocycles. The first kappa shape index (κ1) is 16.6. The summed E-state index contributed by atoms with van der Waals surface area (Å²) < 4.78 is 0. The van der Waals surface area contributed by atoms with Gasteiger partial charge < -0.3 is 0 Å². The van der Waals surface area contributed by atoms with Crippen LogP contribution in [0.3, 0.4) is 0 Å². The fraction of sp³-hybridized carbons (Fsp3) is 0.600. The minimum Gasteiger partial charge on any atom is -0.0838 e. The third-order valence-electron chi connectivity index (χ3n) is 4.86. The second-order valence-electron chi connectivity index (χ2n) is 5.99. The standard InChI is InChI=1S/C15H12Br6/c16-4-1-5(17)11-10(4)12-6(18)2-8(20)14(12)15-9(21)3-7(19)13(11)15/h4-9H,1-3H2/t4-,5+,6-,7-,8+,9+. The van der Waals surface area contributed by atoms with Gasteiger partial charge in [0.25, 0.3) is 0 Å². The molecule has 0 saturated carbocycles. The first-order chi connectivity index (χ1) is 9.91. The number of fused-ring (bicyclic) bond motifs is 6. The highest BCUT2D eigenvalue weighted by atomic mass is 79.9. The van der Waals surface area contributed by atoms with Crippen LogP contribution in [-0.2, 0) is 0 Å². The molecule has 0 N–H and O–H groups in total. The van der Waals surface area contributed by atoms with Gasteiger partial charge in [0.15, 0.2) is 0 Å². The maximum absolute atomic E-state index is 3.93. The molecule has 4 rings (SSSR count). The average molecular weight is 672 g/mol. The van der Waals surface area contributed by atoms with Crippen LogP contribution in [0.4, 0.5) is 0 Å². The van der Waals surface area contributed by atoms with E-state index < -0.39 is 0 Å². The molecule has 0 unspecified atom stereocenters. The molecule has 0 saturated heterocycles. The summed E-state index contributed by atoms with van der Waals surface area (Å²) in [4.78, 5) is 2.77. The van der Waals surface area contributed by atoms with E-state index in [1.807, 2.05) is 0 Å². The molecular formula is C15H12Br6. The second-order valence-corrected chi connectivity index (χ2v) is 12.6. The summed E-state index contributed by atoms with van der Waals surface area (Å²) >= 11 is 23.6. The van der Waals surface area contributed by atoms with Crippen molar-refractivity contribution in [3.63, 3.8) is 0 Å². The van der Waals surface area contributed by atoms with Gasteiger partial charge in [-0.2, -0.15) is 0 Å². The molecule has 0 nitrogen and oxygen atoms in total. The van der Waals surface area contributed by atoms with Crippen LogP contribution in [0.15, 0.2) is 0 Å². The molecule has 0 spiro atoms. The molecule has 0 bridgehead atoms. The summed E-state index contributed by atoms with van der Waals surface area (Å²) in [5.41, 5.74) is 9.25. The Morgan fingerprint density at radius 2 is 0.524 bits per heavy atom. The van der Waals surface area contributed by atoms with E-state index >= 15 is 0 Å². The lowest BCUT2D eigenvalue weighted by atomic mass is 9.90. The Labute approximate surface area is 175 Å². The smallest absolute Gasteiger partial charge is 0.0415 e. The zero-order valence-corrected chi connectivity index (χ0v) is 20.4. The van der Waals surface area contributed by atoms with E-state index in [0.29, 0.717) is 29.0 Å². The lowest BCUT2D eigenvalue weighted by Crippen LogP contribution is -2.04. The van der Waals surface area contributed by atoms with Crippen molar-refractivity contribution in [1.82, 2.24) is 0 Å². The molecule has 1 aromatic rings. The number of hydrogen-bond acceptors (Lipinski definition) is 0. The van der Waals surface area contributed by atoms with Gasteiger partial charge >= 0.3 is 0 Å². The van der Waals surface area contributed by atoms with Crippen LogP contribution in [0.5, 0.6) is 0 Å². The van der Waals surface area contributed by atoms with Gasteiger partial charge in [0.05, 0.1) is 0 Å². The quantitative estimate of drug-likeness (QED) is 0.243. The van der Waals surface area contributed by atoms with Crippen LogP contribution in [0.2, 0.25) is 0 Å². The van der Waals surface area contributed by atoms with Gasteiger partial charge in [-0.25, -0.2) is 0 Å². The molecule has 1 aromatic carbocycles. The molecule has 114 valence electrons. The Balaban J connectivity index is 2.12. The number of alkyl halides is 6. The van der Waals surface area contributed by atoms with Gasteiger partial charge in [0.1, 0.15) is 0 Å². The molecule has 0 heterocycles. The summed E-state index contributed by atoms with van der Waals surface area (Å²) in [6, 6.07) is 0. The van der Waals surface area contributed by atoms with Crippen molar-refractivity contribution in [3.8, 4) is 0 Å². The van der Waals surface area contributed by atoms with Crippen LogP contribution in [0, 0.1) is 0 Å². The second kappa shape index (κ2) is 5.82. The van der Waals surface area contributed by atoms with Crippen molar-refractivity contribution in [2.75, 3.05) is 0 Å². The van der Waals surface area contributed by atoms with E-state index in [2.05, 4.69) is 95.6 Å². The largest absolute Gasteiger partial charge is 0.0838 e. The molecule has 0 amide bonds. The van der Waals surface area contributed by atoms with Gasteiger partial charge in [-0.05, 0) is 52.6 Å². The predicted molar refractivity (Wildman–Crippen MR) is 110 cm³/mol. The molecule has 21 heavy (non-hydrogen) atoms. The van der Waals surface area contributed by atoms with Crippen LogP contribution in [0.1, 0.15) is 81.6 Å². The fourth-order valence-corrected chi connectivity index (χ4v) is 10.9. The number of benzene rings is 1. The van der Waals surface area contributed by atoms with Gasteiger partial charge in [-0.1, -0.05) is 95.6 Å². The molecule has 6 atom stereocenters. The minimum atomic E-state index is 0.461. The number of halogens is 6. The lowest BCUT2D eigenvalue weighted by molar-refractivity contribution is 0.870. The Morgan fingerprint density at radius 1 is 0.381 bits per heavy atom. The summed E-state index contributed by atoms with van der Waals surface area (Å²) in [6.45, 7) is 0. The Bertz CT molecular complexity index is 471. The van der Waals surface area contributed by atoms with E-state index in [4.69, 9.17) is 0 Å². The minimum absolute atomic E-state index is 0.461. The Hall–Kier alpha value is 2.10. The van der Waals surface area contributed by atoms with Crippen LogP contribution in [0.25, 0.3) is 0 Å².